The lowest BCUT2D eigenvalue weighted by Crippen LogP contribution is -2.54. The first kappa shape index (κ1) is 16.4. The number of likely N-dealkylation sites (tertiary alicyclic amines) is 1. The summed E-state index contributed by atoms with van der Waals surface area (Å²) in [5.41, 5.74) is 1.23. The van der Waals surface area contributed by atoms with Crippen molar-refractivity contribution < 1.29 is 4.79 Å². The molecule has 5 rings (SSSR count). The number of carbonyl (C=O) groups excluding carboxylic acids is 1. The molecule has 1 aromatic carbocycles. The van der Waals surface area contributed by atoms with Crippen molar-refractivity contribution in [3.8, 4) is 0 Å². The standard InChI is InChI=1S/C21H24ClN3O/c22-16-3-6-18-15(12-16)2-7-19(23-18)24-11-1-9-21(13-24)10-8-20(26)25(14-21)17-4-5-17/h2-3,6-7,12,17H,1,4-5,8-11,13-14H2. The number of amides is 1. The Morgan fingerprint density at radius 2 is 2.00 bits per heavy atom. The van der Waals surface area contributed by atoms with Gasteiger partial charge in [-0.1, -0.05) is 11.6 Å². The quantitative estimate of drug-likeness (QED) is 0.793. The number of pyridine rings is 1. The highest BCUT2D eigenvalue weighted by Crippen LogP contribution is 2.43. The molecule has 3 fully saturated rings. The van der Waals surface area contributed by atoms with E-state index in [1.807, 2.05) is 18.2 Å². The van der Waals surface area contributed by atoms with Gasteiger partial charge in [0, 0.05) is 47.9 Å². The van der Waals surface area contributed by atoms with Crippen molar-refractivity contribution in [2.45, 2.75) is 44.6 Å². The van der Waals surface area contributed by atoms with Gasteiger partial charge >= 0.3 is 0 Å². The Morgan fingerprint density at radius 3 is 2.85 bits per heavy atom. The van der Waals surface area contributed by atoms with Gasteiger partial charge in [-0.05, 0) is 62.4 Å². The molecule has 26 heavy (non-hydrogen) atoms. The number of hydrogen-bond donors (Lipinski definition) is 0. The zero-order chi connectivity index (χ0) is 17.7. The van der Waals surface area contributed by atoms with Crippen LogP contribution in [0.25, 0.3) is 10.9 Å². The van der Waals surface area contributed by atoms with Crippen LogP contribution < -0.4 is 4.90 Å². The van der Waals surface area contributed by atoms with Crippen molar-refractivity contribution in [3.05, 3.63) is 35.4 Å². The second kappa shape index (κ2) is 6.12. The molecular formula is C21H24ClN3O. The monoisotopic (exact) mass is 369 g/mol. The van der Waals surface area contributed by atoms with E-state index in [-0.39, 0.29) is 5.41 Å². The van der Waals surface area contributed by atoms with Crippen LogP contribution in [-0.4, -0.2) is 41.5 Å². The van der Waals surface area contributed by atoms with Gasteiger partial charge in [0.25, 0.3) is 0 Å². The molecule has 4 nitrogen and oxygen atoms in total. The predicted octanol–water partition coefficient (Wildman–Crippen LogP) is 4.26. The van der Waals surface area contributed by atoms with E-state index in [0.717, 1.165) is 47.8 Å². The van der Waals surface area contributed by atoms with E-state index in [1.165, 1.54) is 25.7 Å². The fourth-order valence-corrected chi connectivity index (χ4v) is 4.94. The van der Waals surface area contributed by atoms with Crippen LogP contribution in [0.5, 0.6) is 0 Å². The molecule has 1 aromatic heterocycles. The number of piperidine rings is 2. The highest BCUT2D eigenvalue weighted by Gasteiger charge is 2.45. The Hall–Kier alpha value is -1.81. The largest absolute Gasteiger partial charge is 0.356 e. The lowest BCUT2D eigenvalue weighted by Gasteiger charge is -2.48. The van der Waals surface area contributed by atoms with Crippen molar-refractivity contribution >= 4 is 34.2 Å². The molecule has 1 atom stereocenters. The molecule has 3 heterocycles. The summed E-state index contributed by atoms with van der Waals surface area (Å²) >= 11 is 6.09. The van der Waals surface area contributed by atoms with Gasteiger partial charge < -0.3 is 9.80 Å². The first-order chi connectivity index (χ1) is 12.6. The lowest BCUT2D eigenvalue weighted by molar-refractivity contribution is -0.138. The average Bonchev–Trinajstić information content (AvgIpc) is 3.49. The molecule has 0 N–H and O–H groups in total. The van der Waals surface area contributed by atoms with E-state index >= 15 is 0 Å². The van der Waals surface area contributed by atoms with Gasteiger partial charge in [0.1, 0.15) is 5.82 Å². The maximum atomic E-state index is 12.3. The third kappa shape index (κ3) is 2.94. The number of anilines is 1. The first-order valence-corrected chi connectivity index (χ1v) is 10.1. The minimum Gasteiger partial charge on any atom is -0.356 e. The highest BCUT2D eigenvalue weighted by molar-refractivity contribution is 6.31. The number of aromatic nitrogens is 1. The van der Waals surface area contributed by atoms with Crippen molar-refractivity contribution in [2.75, 3.05) is 24.5 Å². The van der Waals surface area contributed by atoms with Gasteiger partial charge in [0.2, 0.25) is 5.91 Å². The molecule has 0 radical (unpaired) electrons. The Bertz CT molecular complexity index is 865. The number of nitrogens with zero attached hydrogens (tertiary/aromatic N) is 3. The first-order valence-electron chi connectivity index (χ1n) is 9.73. The summed E-state index contributed by atoms with van der Waals surface area (Å²) in [5.74, 6) is 1.42. The SMILES string of the molecule is O=C1CCC2(CCCN(c3ccc4cc(Cl)ccc4n3)C2)CN1C1CC1. The molecule has 1 amide bonds. The second-order valence-corrected chi connectivity index (χ2v) is 8.72. The van der Waals surface area contributed by atoms with Crippen molar-refractivity contribution in [2.24, 2.45) is 5.41 Å². The summed E-state index contributed by atoms with van der Waals surface area (Å²) < 4.78 is 0. The summed E-state index contributed by atoms with van der Waals surface area (Å²) in [6.07, 6.45) is 6.53. The van der Waals surface area contributed by atoms with E-state index in [9.17, 15) is 4.79 Å². The van der Waals surface area contributed by atoms with Crippen LogP contribution >= 0.6 is 11.6 Å². The third-order valence-electron chi connectivity index (χ3n) is 6.30. The number of halogens is 1. The maximum absolute atomic E-state index is 12.3. The number of carbonyl (C=O) groups is 1. The smallest absolute Gasteiger partial charge is 0.222 e. The van der Waals surface area contributed by atoms with Crippen molar-refractivity contribution in [1.82, 2.24) is 9.88 Å². The molecule has 2 aliphatic heterocycles. The van der Waals surface area contributed by atoms with Crippen molar-refractivity contribution in [1.29, 1.82) is 0 Å². The number of hydrogen-bond acceptors (Lipinski definition) is 3. The Labute approximate surface area is 159 Å². The average molecular weight is 370 g/mol. The van der Waals surface area contributed by atoms with Gasteiger partial charge in [-0.2, -0.15) is 0 Å². The molecule has 2 aromatic rings. The van der Waals surface area contributed by atoms with Crippen molar-refractivity contribution in [3.63, 3.8) is 0 Å². The fourth-order valence-electron chi connectivity index (χ4n) is 4.76. The minimum absolute atomic E-state index is 0.241. The van der Waals surface area contributed by atoms with Crippen LogP contribution in [0, 0.1) is 5.41 Å². The zero-order valence-electron chi connectivity index (χ0n) is 15.0. The summed E-state index contributed by atoms with van der Waals surface area (Å²) in [6, 6.07) is 10.6. The summed E-state index contributed by atoms with van der Waals surface area (Å²) in [4.78, 5) is 21.8. The van der Waals surface area contributed by atoms with Gasteiger partial charge in [-0.3, -0.25) is 4.79 Å². The second-order valence-electron chi connectivity index (χ2n) is 8.28. The van der Waals surface area contributed by atoms with Crippen LogP contribution in [0.4, 0.5) is 5.82 Å². The van der Waals surface area contributed by atoms with Gasteiger partial charge in [-0.15, -0.1) is 0 Å². The Kier molecular flexibility index (Phi) is 3.85. The Balaban J connectivity index is 1.40. The lowest BCUT2D eigenvalue weighted by atomic mass is 9.73. The van der Waals surface area contributed by atoms with Crippen LogP contribution in [-0.2, 0) is 4.79 Å². The zero-order valence-corrected chi connectivity index (χ0v) is 15.7. The van der Waals surface area contributed by atoms with E-state index in [1.54, 1.807) is 0 Å². The number of benzene rings is 1. The van der Waals surface area contributed by atoms with Crippen LogP contribution in [0.1, 0.15) is 38.5 Å². The van der Waals surface area contributed by atoms with Crippen LogP contribution in [0.3, 0.4) is 0 Å². The molecule has 1 aliphatic carbocycles. The highest BCUT2D eigenvalue weighted by atomic mass is 35.5. The van der Waals surface area contributed by atoms with Gasteiger partial charge in [0.15, 0.2) is 0 Å². The Morgan fingerprint density at radius 1 is 1.12 bits per heavy atom. The molecule has 0 bridgehead atoms. The van der Waals surface area contributed by atoms with E-state index < -0.39 is 0 Å². The molecular weight excluding hydrogens is 346 g/mol. The third-order valence-corrected chi connectivity index (χ3v) is 6.54. The summed E-state index contributed by atoms with van der Waals surface area (Å²) in [6.45, 7) is 3.00. The molecule has 1 saturated carbocycles. The fraction of sp³-hybridized carbons (Fsp3) is 0.524. The van der Waals surface area contributed by atoms with Crippen LogP contribution in [0.2, 0.25) is 5.02 Å². The topological polar surface area (TPSA) is 36.4 Å². The van der Waals surface area contributed by atoms with E-state index in [4.69, 9.17) is 16.6 Å². The van der Waals surface area contributed by atoms with Gasteiger partial charge in [0.05, 0.1) is 5.52 Å². The summed E-state index contributed by atoms with van der Waals surface area (Å²) in [7, 11) is 0. The van der Waals surface area contributed by atoms with Crippen LogP contribution in [0.15, 0.2) is 30.3 Å². The van der Waals surface area contributed by atoms with Gasteiger partial charge in [-0.25, -0.2) is 4.98 Å². The number of fused-ring (bicyclic) bond motifs is 1. The normalized spacial score (nSPS) is 26.7. The molecule has 2 saturated heterocycles. The molecule has 1 unspecified atom stereocenters. The van der Waals surface area contributed by atoms with E-state index in [2.05, 4.69) is 21.9 Å². The molecule has 3 aliphatic rings. The summed E-state index contributed by atoms with van der Waals surface area (Å²) in [5, 5.41) is 1.83. The maximum Gasteiger partial charge on any atom is 0.222 e. The number of rotatable bonds is 2. The van der Waals surface area contributed by atoms with E-state index in [0.29, 0.717) is 18.4 Å². The minimum atomic E-state index is 0.241. The molecule has 136 valence electrons. The predicted molar refractivity (Wildman–Crippen MR) is 105 cm³/mol. The molecule has 5 heteroatoms. The molecule has 1 spiro atoms.